The first-order valence-electron chi connectivity index (χ1n) is 12.2. The van der Waals surface area contributed by atoms with E-state index in [2.05, 4.69) is 15.6 Å². The molecule has 3 aromatic rings. The number of rotatable bonds is 8. The number of nitrogens with one attached hydrogen (secondary N) is 2. The van der Waals surface area contributed by atoms with Crippen LogP contribution in [0.1, 0.15) is 27.6 Å². The Morgan fingerprint density at radius 2 is 1.77 bits per heavy atom. The van der Waals surface area contributed by atoms with Crippen LogP contribution in [0.4, 0.5) is 11.4 Å². The highest BCUT2D eigenvalue weighted by atomic mass is 16.7. The predicted octanol–water partition coefficient (Wildman–Crippen LogP) is 0.874. The summed E-state index contributed by atoms with van der Waals surface area (Å²) in [6.45, 7) is 0.647. The monoisotopic (exact) mass is 555 g/mol. The highest BCUT2D eigenvalue weighted by Gasteiger charge is 2.46. The van der Waals surface area contributed by atoms with Crippen LogP contribution in [-0.2, 0) is 19.0 Å². The predicted molar refractivity (Wildman–Crippen MR) is 140 cm³/mol. The summed E-state index contributed by atoms with van der Waals surface area (Å²) in [5, 5.41) is 36.5. The van der Waals surface area contributed by atoms with Crippen LogP contribution in [0.3, 0.4) is 0 Å². The van der Waals surface area contributed by atoms with Gasteiger partial charge in [0.2, 0.25) is 12.2 Å². The van der Waals surface area contributed by atoms with Crippen LogP contribution in [0.15, 0.2) is 48.7 Å². The lowest BCUT2D eigenvalue weighted by Gasteiger charge is -2.42. The van der Waals surface area contributed by atoms with E-state index in [1.165, 1.54) is 27.3 Å². The molecule has 4 rings (SSSR count). The highest BCUT2D eigenvalue weighted by molar-refractivity contribution is 6.07. The van der Waals surface area contributed by atoms with Gasteiger partial charge in [0.25, 0.3) is 0 Å². The number of esters is 2. The van der Waals surface area contributed by atoms with Gasteiger partial charge in [-0.25, -0.2) is 9.59 Å². The fourth-order valence-electron chi connectivity index (χ4n) is 4.33. The Morgan fingerprint density at radius 1 is 1.02 bits per heavy atom. The Morgan fingerprint density at radius 3 is 2.45 bits per heavy atom. The quantitative estimate of drug-likeness (QED) is 0.247. The summed E-state index contributed by atoms with van der Waals surface area (Å²) in [5.74, 6) is -1.48. The van der Waals surface area contributed by atoms with Gasteiger partial charge in [0.05, 0.1) is 37.6 Å². The number of aromatic nitrogens is 1. The Kier molecular flexibility index (Phi) is 8.80. The van der Waals surface area contributed by atoms with E-state index in [1.54, 1.807) is 42.5 Å². The number of nitrogens with zero attached hydrogens (tertiary/aromatic N) is 1. The SMILES string of the molecule is COC(=O)c1ccc2ncc(C(=O)OC)c(Nc3cccc(O[C@@H]4O[C@H](CO)[C@@H](O)[C@@H](O)[C@@H]4NC(C)=O)c3)c2c1. The molecule has 0 aliphatic carbocycles. The first-order chi connectivity index (χ1) is 19.2. The number of aliphatic hydroxyl groups excluding tert-OH is 3. The van der Waals surface area contributed by atoms with Crippen LogP contribution >= 0.6 is 0 Å². The lowest BCUT2D eigenvalue weighted by molar-refractivity contribution is -0.244. The van der Waals surface area contributed by atoms with E-state index in [0.29, 0.717) is 22.3 Å². The first-order valence-corrected chi connectivity index (χ1v) is 12.2. The van der Waals surface area contributed by atoms with E-state index in [9.17, 15) is 29.7 Å². The number of hydrogen-bond acceptors (Lipinski definition) is 12. The molecule has 0 spiro atoms. The number of aliphatic hydroxyl groups is 3. The van der Waals surface area contributed by atoms with Crippen molar-refractivity contribution in [3.8, 4) is 5.75 Å². The Balaban J connectivity index is 1.69. The third-order valence-electron chi connectivity index (χ3n) is 6.30. The van der Waals surface area contributed by atoms with Gasteiger partial charge in [-0.05, 0) is 30.3 Å². The van der Waals surface area contributed by atoms with Crippen LogP contribution in [0.5, 0.6) is 5.75 Å². The van der Waals surface area contributed by atoms with E-state index >= 15 is 0 Å². The molecule has 5 N–H and O–H groups in total. The Bertz CT molecular complexity index is 1410. The molecule has 0 radical (unpaired) electrons. The fraction of sp³-hybridized carbons (Fsp3) is 0.333. The smallest absolute Gasteiger partial charge is 0.341 e. The van der Waals surface area contributed by atoms with Crippen molar-refractivity contribution in [2.75, 3.05) is 26.1 Å². The second-order valence-electron chi connectivity index (χ2n) is 8.97. The van der Waals surface area contributed by atoms with Crippen molar-refractivity contribution in [3.05, 3.63) is 59.8 Å². The molecule has 0 saturated carbocycles. The molecule has 1 amide bonds. The number of carbonyl (C=O) groups is 3. The van der Waals surface area contributed by atoms with Gasteiger partial charge in [-0.3, -0.25) is 9.78 Å². The van der Waals surface area contributed by atoms with Crippen molar-refractivity contribution in [2.24, 2.45) is 0 Å². The number of ether oxygens (including phenoxy) is 4. The molecule has 13 heteroatoms. The van der Waals surface area contributed by atoms with Gasteiger partial charge < -0.3 is 44.9 Å². The van der Waals surface area contributed by atoms with Gasteiger partial charge >= 0.3 is 11.9 Å². The van der Waals surface area contributed by atoms with Crippen molar-refractivity contribution in [3.63, 3.8) is 0 Å². The normalized spacial score (nSPS) is 22.3. The van der Waals surface area contributed by atoms with Gasteiger partial charge in [0.1, 0.15) is 35.7 Å². The Hall–Kier alpha value is -4.30. The summed E-state index contributed by atoms with van der Waals surface area (Å²) < 4.78 is 21.3. The first kappa shape index (κ1) is 28.7. The van der Waals surface area contributed by atoms with Crippen LogP contribution < -0.4 is 15.4 Å². The van der Waals surface area contributed by atoms with Crippen LogP contribution in [0.2, 0.25) is 0 Å². The number of methoxy groups -OCH3 is 2. The molecule has 1 aliphatic heterocycles. The maximum absolute atomic E-state index is 12.6. The van der Waals surface area contributed by atoms with E-state index in [4.69, 9.17) is 18.9 Å². The maximum atomic E-state index is 12.6. The Labute approximate surface area is 228 Å². The molecule has 40 heavy (non-hydrogen) atoms. The summed E-state index contributed by atoms with van der Waals surface area (Å²) in [7, 11) is 2.49. The third-order valence-corrected chi connectivity index (χ3v) is 6.30. The zero-order valence-corrected chi connectivity index (χ0v) is 21.9. The summed E-state index contributed by atoms with van der Waals surface area (Å²) in [5.41, 5.74) is 1.60. The van der Waals surface area contributed by atoms with Crippen molar-refractivity contribution in [1.29, 1.82) is 0 Å². The second kappa shape index (κ2) is 12.3. The number of amides is 1. The third kappa shape index (κ3) is 5.97. The molecule has 5 atom stereocenters. The number of anilines is 2. The summed E-state index contributed by atoms with van der Waals surface area (Å²) >= 11 is 0. The summed E-state index contributed by atoms with van der Waals surface area (Å²) in [6, 6.07) is 10.1. The molecule has 2 heterocycles. The molecule has 13 nitrogen and oxygen atoms in total. The fourth-order valence-corrected chi connectivity index (χ4v) is 4.33. The molecule has 1 saturated heterocycles. The average Bonchev–Trinajstić information content (AvgIpc) is 2.96. The lowest BCUT2D eigenvalue weighted by atomic mass is 9.97. The number of carbonyl (C=O) groups excluding carboxylic acids is 3. The van der Waals surface area contributed by atoms with Gasteiger partial charge in [-0.1, -0.05) is 6.07 Å². The number of pyridine rings is 1. The van der Waals surface area contributed by atoms with E-state index in [1.807, 2.05) is 0 Å². The summed E-state index contributed by atoms with van der Waals surface area (Å²) in [6.07, 6.45) is -3.99. The van der Waals surface area contributed by atoms with Crippen molar-refractivity contribution in [1.82, 2.24) is 10.3 Å². The standard InChI is InChI=1S/C27H29N3O10/c1-13(32)29-22-24(34)23(33)20(12-31)40-27(22)39-16-6-4-5-15(10-16)30-21-17-9-14(25(35)37-2)7-8-19(17)28-11-18(21)26(36)38-3/h4-11,20,22-24,27,31,33-34H,12H2,1-3H3,(H,28,30)(H,29,32)/t20-,22+,23-,24+,27-/m1/s1. The van der Waals surface area contributed by atoms with Crippen molar-refractivity contribution >= 4 is 40.1 Å². The molecule has 0 bridgehead atoms. The molecular weight excluding hydrogens is 526 g/mol. The van der Waals surface area contributed by atoms with Gasteiger partial charge in [0, 0.05) is 30.3 Å². The molecule has 1 fully saturated rings. The number of benzene rings is 2. The largest absolute Gasteiger partial charge is 0.465 e. The van der Waals surface area contributed by atoms with Crippen molar-refractivity contribution in [2.45, 2.75) is 37.6 Å². The van der Waals surface area contributed by atoms with E-state index < -0.39 is 55.1 Å². The minimum absolute atomic E-state index is 0.104. The van der Waals surface area contributed by atoms with E-state index in [-0.39, 0.29) is 16.9 Å². The minimum atomic E-state index is -1.48. The van der Waals surface area contributed by atoms with Crippen LogP contribution in [0.25, 0.3) is 10.9 Å². The van der Waals surface area contributed by atoms with Crippen LogP contribution in [-0.4, -0.2) is 89.6 Å². The van der Waals surface area contributed by atoms with Gasteiger partial charge in [-0.2, -0.15) is 0 Å². The molecule has 0 unspecified atom stereocenters. The zero-order chi connectivity index (χ0) is 29.0. The zero-order valence-electron chi connectivity index (χ0n) is 21.9. The number of hydrogen-bond donors (Lipinski definition) is 5. The summed E-state index contributed by atoms with van der Waals surface area (Å²) in [4.78, 5) is 40.8. The van der Waals surface area contributed by atoms with Crippen LogP contribution in [0, 0.1) is 0 Å². The second-order valence-corrected chi connectivity index (χ2v) is 8.97. The minimum Gasteiger partial charge on any atom is -0.465 e. The molecular formula is C27H29N3O10. The molecule has 1 aliphatic rings. The van der Waals surface area contributed by atoms with E-state index in [0.717, 1.165) is 0 Å². The van der Waals surface area contributed by atoms with Gasteiger partial charge in [-0.15, -0.1) is 0 Å². The van der Waals surface area contributed by atoms with Gasteiger partial charge in [0.15, 0.2) is 0 Å². The van der Waals surface area contributed by atoms with Crippen molar-refractivity contribution < 1.29 is 48.7 Å². The topological polar surface area (TPSA) is 186 Å². The highest BCUT2D eigenvalue weighted by Crippen LogP contribution is 2.32. The number of fused-ring (bicyclic) bond motifs is 1. The molecule has 212 valence electrons. The molecule has 1 aromatic heterocycles. The molecule has 2 aromatic carbocycles. The maximum Gasteiger partial charge on any atom is 0.341 e. The lowest BCUT2D eigenvalue weighted by Crippen LogP contribution is -2.65. The average molecular weight is 556 g/mol.